The van der Waals surface area contributed by atoms with E-state index in [1.807, 2.05) is 24.3 Å². The van der Waals surface area contributed by atoms with Gasteiger partial charge in [-0.05, 0) is 37.1 Å². The molecule has 1 atom stereocenters. The van der Waals surface area contributed by atoms with Crippen molar-refractivity contribution in [3.63, 3.8) is 0 Å². The first kappa shape index (κ1) is 22.2. The lowest BCUT2D eigenvalue weighted by molar-refractivity contribution is -0.119. The van der Waals surface area contributed by atoms with E-state index in [0.29, 0.717) is 40.2 Å². The van der Waals surface area contributed by atoms with E-state index in [-0.39, 0.29) is 11.8 Å². The number of likely N-dealkylation sites (tertiary alicyclic amines) is 1. The Kier molecular flexibility index (Phi) is 6.71. The molecule has 0 aliphatic carbocycles. The van der Waals surface area contributed by atoms with Gasteiger partial charge in [-0.2, -0.15) is 0 Å². The largest absolute Gasteiger partial charge is 0.497 e. The summed E-state index contributed by atoms with van der Waals surface area (Å²) in [6.07, 6.45) is 1.32. The molecule has 1 unspecified atom stereocenters. The number of nitrogens with one attached hydrogen (secondary N) is 1. The van der Waals surface area contributed by atoms with Gasteiger partial charge >= 0.3 is 0 Å². The maximum atomic E-state index is 13.2. The van der Waals surface area contributed by atoms with Gasteiger partial charge in [-0.1, -0.05) is 39.4 Å². The van der Waals surface area contributed by atoms with E-state index in [4.69, 9.17) is 9.47 Å². The average molecular weight is 517 g/mol. The number of ether oxygens (including phenoxy) is 2. The van der Waals surface area contributed by atoms with Crippen LogP contribution >= 0.6 is 27.3 Å². The fourth-order valence-corrected chi connectivity index (χ4v) is 4.57. The molecular weight excluding hydrogens is 496 g/mol. The first-order valence-electron chi connectivity index (χ1n) is 9.93. The van der Waals surface area contributed by atoms with Crippen LogP contribution in [0.1, 0.15) is 23.2 Å². The number of rotatable bonds is 6. The number of amides is 2. The highest BCUT2D eigenvalue weighted by atomic mass is 79.9. The summed E-state index contributed by atoms with van der Waals surface area (Å²) in [6.45, 7) is 0.497. The third-order valence-corrected chi connectivity index (χ3v) is 6.58. The topological polar surface area (TPSA) is 93.7 Å². The molecule has 1 fully saturated rings. The Morgan fingerprint density at radius 2 is 1.78 bits per heavy atom. The third-order valence-electron chi connectivity index (χ3n) is 5.16. The molecule has 32 heavy (non-hydrogen) atoms. The van der Waals surface area contributed by atoms with E-state index in [1.54, 1.807) is 23.1 Å². The summed E-state index contributed by atoms with van der Waals surface area (Å²) in [5.74, 6) is 0.515. The summed E-state index contributed by atoms with van der Waals surface area (Å²) < 4.78 is 11.5. The highest BCUT2D eigenvalue weighted by molar-refractivity contribution is 9.10. The van der Waals surface area contributed by atoms with Crippen molar-refractivity contribution in [3.8, 4) is 22.1 Å². The molecule has 8 nitrogen and oxygen atoms in total. The minimum Gasteiger partial charge on any atom is -0.497 e. The van der Waals surface area contributed by atoms with Gasteiger partial charge in [0.05, 0.1) is 14.2 Å². The second kappa shape index (κ2) is 9.66. The molecule has 0 bridgehead atoms. The first-order valence-corrected chi connectivity index (χ1v) is 11.5. The minimum atomic E-state index is -0.584. The number of carbonyl (C=O) groups is 2. The molecule has 2 amide bonds. The smallest absolute Gasteiger partial charge is 0.254 e. The Balaban J connectivity index is 1.48. The van der Waals surface area contributed by atoms with Gasteiger partial charge in [0, 0.05) is 28.2 Å². The summed E-state index contributed by atoms with van der Waals surface area (Å²) in [5, 5.41) is 12.2. The van der Waals surface area contributed by atoms with Crippen LogP contribution in [0.25, 0.3) is 10.6 Å². The number of nitrogens with zero attached hydrogens (tertiary/aromatic N) is 3. The van der Waals surface area contributed by atoms with Crippen molar-refractivity contribution in [2.75, 3.05) is 26.1 Å². The number of hydrogen-bond donors (Lipinski definition) is 1. The minimum absolute atomic E-state index is 0.243. The Morgan fingerprint density at radius 3 is 2.44 bits per heavy atom. The quantitative estimate of drug-likeness (QED) is 0.526. The van der Waals surface area contributed by atoms with Crippen molar-refractivity contribution < 1.29 is 19.1 Å². The zero-order valence-electron chi connectivity index (χ0n) is 17.5. The predicted molar refractivity (Wildman–Crippen MR) is 125 cm³/mol. The van der Waals surface area contributed by atoms with Crippen LogP contribution < -0.4 is 14.8 Å². The summed E-state index contributed by atoms with van der Waals surface area (Å²) in [4.78, 5) is 27.7. The van der Waals surface area contributed by atoms with Crippen LogP contribution in [0.15, 0.2) is 46.9 Å². The van der Waals surface area contributed by atoms with Crippen molar-refractivity contribution in [3.05, 3.63) is 52.5 Å². The molecule has 0 saturated carbocycles. The fraction of sp³-hybridized carbons (Fsp3) is 0.273. The van der Waals surface area contributed by atoms with E-state index in [0.717, 1.165) is 16.5 Å². The van der Waals surface area contributed by atoms with Crippen LogP contribution in [0, 0.1) is 0 Å². The number of carbonyl (C=O) groups excluding carboxylic acids is 2. The number of halogens is 1. The van der Waals surface area contributed by atoms with Crippen molar-refractivity contribution >= 4 is 44.2 Å². The normalized spacial score (nSPS) is 15.5. The van der Waals surface area contributed by atoms with Gasteiger partial charge in [-0.25, -0.2) is 0 Å². The molecule has 1 aromatic heterocycles. The van der Waals surface area contributed by atoms with Gasteiger partial charge in [-0.3, -0.25) is 14.9 Å². The van der Waals surface area contributed by atoms with Gasteiger partial charge in [0.15, 0.2) is 0 Å². The number of anilines is 1. The molecule has 0 radical (unpaired) electrons. The maximum Gasteiger partial charge on any atom is 0.254 e. The Hall–Kier alpha value is -2.98. The summed E-state index contributed by atoms with van der Waals surface area (Å²) in [5.41, 5.74) is 1.32. The van der Waals surface area contributed by atoms with Crippen molar-refractivity contribution in [1.29, 1.82) is 0 Å². The molecule has 1 N–H and O–H groups in total. The number of benzene rings is 2. The van der Waals surface area contributed by atoms with Crippen LogP contribution in [0.4, 0.5) is 5.13 Å². The van der Waals surface area contributed by atoms with Crippen LogP contribution in [-0.4, -0.2) is 53.7 Å². The SMILES string of the molecule is COc1cc(OC)cc(C(=O)N2CCCC2C(=O)Nc2nnc(-c3ccc(Br)cc3)s2)c1. The number of methoxy groups -OCH3 is 2. The van der Waals surface area contributed by atoms with Crippen LogP contribution in [0.3, 0.4) is 0 Å². The van der Waals surface area contributed by atoms with E-state index in [9.17, 15) is 9.59 Å². The Labute approximate surface area is 197 Å². The second-order valence-corrected chi connectivity index (χ2v) is 9.06. The Morgan fingerprint density at radius 1 is 1.09 bits per heavy atom. The maximum absolute atomic E-state index is 13.2. The van der Waals surface area contributed by atoms with Crippen molar-refractivity contribution in [1.82, 2.24) is 15.1 Å². The van der Waals surface area contributed by atoms with Crippen LogP contribution in [0.2, 0.25) is 0 Å². The highest BCUT2D eigenvalue weighted by Crippen LogP contribution is 2.29. The molecule has 1 aliphatic heterocycles. The lowest BCUT2D eigenvalue weighted by Gasteiger charge is -2.24. The molecule has 2 aromatic carbocycles. The Bertz CT molecular complexity index is 1110. The zero-order valence-corrected chi connectivity index (χ0v) is 19.9. The lowest BCUT2D eigenvalue weighted by atomic mass is 10.1. The molecule has 1 saturated heterocycles. The number of aromatic nitrogens is 2. The lowest BCUT2D eigenvalue weighted by Crippen LogP contribution is -2.43. The van der Waals surface area contributed by atoms with Gasteiger partial charge in [0.25, 0.3) is 5.91 Å². The molecular formula is C22H21BrN4O4S. The summed E-state index contributed by atoms with van der Waals surface area (Å²) >= 11 is 4.70. The molecule has 10 heteroatoms. The molecule has 0 spiro atoms. The van der Waals surface area contributed by atoms with E-state index in [2.05, 4.69) is 31.4 Å². The fourth-order valence-electron chi connectivity index (χ4n) is 3.55. The molecule has 2 heterocycles. The van der Waals surface area contributed by atoms with Gasteiger partial charge in [0.2, 0.25) is 11.0 Å². The molecule has 4 rings (SSSR count). The number of hydrogen-bond acceptors (Lipinski definition) is 7. The molecule has 166 valence electrons. The molecule has 3 aromatic rings. The van der Waals surface area contributed by atoms with Crippen LogP contribution in [0.5, 0.6) is 11.5 Å². The van der Waals surface area contributed by atoms with Gasteiger partial charge in [-0.15, -0.1) is 10.2 Å². The summed E-state index contributed by atoms with van der Waals surface area (Å²) in [6, 6.07) is 12.1. The van der Waals surface area contributed by atoms with E-state index >= 15 is 0 Å². The third kappa shape index (κ3) is 4.76. The predicted octanol–water partition coefficient (Wildman–Crippen LogP) is 4.23. The zero-order chi connectivity index (χ0) is 22.7. The second-order valence-electron chi connectivity index (χ2n) is 7.17. The van der Waals surface area contributed by atoms with E-state index < -0.39 is 6.04 Å². The highest BCUT2D eigenvalue weighted by Gasteiger charge is 2.35. The first-order chi connectivity index (χ1) is 15.5. The molecule has 1 aliphatic rings. The van der Waals surface area contributed by atoms with Crippen LogP contribution in [-0.2, 0) is 4.79 Å². The van der Waals surface area contributed by atoms with Gasteiger partial charge in [0.1, 0.15) is 22.5 Å². The standard InChI is InChI=1S/C22H21BrN4O4S/c1-30-16-10-14(11-17(12-16)31-2)21(29)27-9-3-4-18(27)19(28)24-22-26-25-20(32-22)13-5-7-15(23)8-6-13/h5-8,10-12,18H,3-4,9H2,1-2H3,(H,24,26,28). The van der Waals surface area contributed by atoms with Crippen molar-refractivity contribution in [2.24, 2.45) is 0 Å². The van der Waals surface area contributed by atoms with Gasteiger partial charge < -0.3 is 14.4 Å². The van der Waals surface area contributed by atoms with E-state index in [1.165, 1.54) is 25.6 Å². The average Bonchev–Trinajstić information content (AvgIpc) is 3.48. The summed E-state index contributed by atoms with van der Waals surface area (Å²) in [7, 11) is 3.06. The monoisotopic (exact) mass is 516 g/mol. The van der Waals surface area contributed by atoms with Crippen molar-refractivity contribution in [2.45, 2.75) is 18.9 Å².